The fourth-order valence-electron chi connectivity index (χ4n) is 6.31. The summed E-state index contributed by atoms with van der Waals surface area (Å²) < 4.78 is 5.64. The Morgan fingerprint density at radius 3 is 2.38 bits per heavy atom. The average Bonchev–Trinajstić information content (AvgIpc) is 2.98. The van der Waals surface area contributed by atoms with Gasteiger partial charge in [0.15, 0.2) is 0 Å². The highest BCUT2D eigenvalue weighted by Gasteiger charge is 2.34. The predicted octanol–water partition coefficient (Wildman–Crippen LogP) is 4.50. The number of piperidine rings is 1. The standard InChI is InChI=1S/C32H43ClN4O2/c33-30-11-8-28(9-12-30)25-35-16-14-31(36-21-23-39-24-22-36)29(26-35)10-13-32(38)37-19-17-34(18-20-37)15-4-7-27-5-2-1-3-6-27/h1-9,11-12,29,31H,10,13-26H2/b7-4+/t29-,31+/m1/s1. The molecule has 3 heterocycles. The third kappa shape index (κ3) is 8.38. The number of halogens is 1. The Morgan fingerprint density at radius 1 is 0.897 bits per heavy atom. The quantitative estimate of drug-likeness (QED) is 0.460. The lowest BCUT2D eigenvalue weighted by Gasteiger charge is -2.45. The maximum atomic E-state index is 13.3. The van der Waals surface area contributed by atoms with E-state index < -0.39 is 0 Å². The number of morpholine rings is 1. The molecular weight excluding hydrogens is 508 g/mol. The highest BCUT2D eigenvalue weighted by Crippen LogP contribution is 2.28. The first-order chi connectivity index (χ1) is 19.1. The van der Waals surface area contributed by atoms with Gasteiger partial charge in [0, 0.05) is 76.4 Å². The van der Waals surface area contributed by atoms with Gasteiger partial charge in [-0.1, -0.05) is 66.2 Å². The van der Waals surface area contributed by atoms with Crippen molar-refractivity contribution in [3.05, 3.63) is 76.8 Å². The van der Waals surface area contributed by atoms with E-state index in [0.29, 0.717) is 24.3 Å². The average molecular weight is 551 g/mol. The van der Waals surface area contributed by atoms with Gasteiger partial charge < -0.3 is 9.64 Å². The topological polar surface area (TPSA) is 39.3 Å². The second-order valence-electron chi connectivity index (χ2n) is 11.2. The molecule has 3 aliphatic heterocycles. The largest absolute Gasteiger partial charge is 0.379 e. The summed E-state index contributed by atoms with van der Waals surface area (Å²) in [6.07, 6.45) is 7.17. The number of amides is 1. The van der Waals surface area contributed by atoms with Crippen molar-refractivity contribution in [1.29, 1.82) is 0 Å². The smallest absolute Gasteiger partial charge is 0.222 e. The fraction of sp³-hybridized carbons (Fsp3) is 0.531. The Hall–Kier alpha value is -2.22. The van der Waals surface area contributed by atoms with Crippen LogP contribution < -0.4 is 0 Å². The lowest BCUT2D eigenvalue weighted by atomic mass is 9.86. The molecule has 0 spiro atoms. The van der Waals surface area contributed by atoms with Crippen LogP contribution in [-0.4, -0.2) is 104 Å². The summed E-state index contributed by atoms with van der Waals surface area (Å²) >= 11 is 6.10. The molecule has 3 aliphatic rings. The van der Waals surface area contributed by atoms with E-state index in [-0.39, 0.29) is 0 Å². The highest BCUT2D eigenvalue weighted by molar-refractivity contribution is 6.30. The van der Waals surface area contributed by atoms with Crippen molar-refractivity contribution in [2.75, 3.05) is 72.1 Å². The highest BCUT2D eigenvalue weighted by atomic mass is 35.5. The molecule has 1 amide bonds. The summed E-state index contributed by atoms with van der Waals surface area (Å²) in [5.74, 6) is 0.822. The van der Waals surface area contributed by atoms with Crippen LogP contribution in [-0.2, 0) is 16.1 Å². The van der Waals surface area contributed by atoms with Crippen LogP contribution in [0.5, 0.6) is 0 Å². The zero-order chi connectivity index (χ0) is 26.9. The van der Waals surface area contributed by atoms with E-state index in [1.807, 2.05) is 18.2 Å². The molecule has 2 aromatic rings. The SMILES string of the molecule is O=C(CC[C@@H]1CN(Cc2ccc(Cl)cc2)CC[C@@H]1N1CCOCC1)N1CCN(C/C=C/c2ccccc2)CC1. The normalized spacial score (nSPS) is 23.9. The van der Waals surface area contributed by atoms with Crippen LogP contribution in [0.1, 0.15) is 30.4 Å². The third-order valence-electron chi connectivity index (χ3n) is 8.54. The molecule has 3 saturated heterocycles. The van der Waals surface area contributed by atoms with Crippen LogP contribution in [0.3, 0.4) is 0 Å². The molecule has 6 nitrogen and oxygen atoms in total. The van der Waals surface area contributed by atoms with Gasteiger partial charge in [0.1, 0.15) is 0 Å². The lowest BCUT2D eigenvalue weighted by molar-refractivity contribution is -0.133. The van der Waals surface area contributed by atoms with Crippen LogP contribution in [0.15, 0.2) is 60.7 Å². The number of rotatable bonds is 9. The summed E-state index contributed by atoms with van der Waals surface area (Å²) in [4.78, 5) is 23.0. The summed E-state index contributed by atoms with van der Waals surface area (Å²) in [6.45, 7) is 11.2. The molecule has 0 unspecified atom stereocenters. The molecule has 2 atom stereocenters. The predicted molar refractivity (Wildman–Crippen MR) is 159 cm³/mol. The Labute approximate surface area is 239 Å². The summed E-state index contributed by atoms with van der Waals surface area (Å²) in [5.41, 5.74) is 2.53. The van der Waals surface area contributed by atoms with Gasteiger partial charge in [-0.15, -0.1) is 0 Å². The number of carbonyl (C=O) groups excluding carboxylic acids is 1. The van der Waals surface area contributed by atoms with E-state index in [1.54, 1.807) is 0 Å². The van der Waals surface area contributed by atoms with Crippen molar-refractivity contribution < 1.29 is 9.53 Å². The van der Waals surface area contributed by atoms with Gasteiger partial charge in [-0.25, -0.2) is 0 Å². The van der Waals surface area contributed by atoms with Crippen molar-refractivity contribution in [2.45, 2.75) is 31.8 Å². The molecular formula is C32H43ClN4O2. The summed E-state index contributed by atoms with van der Waals surface area (Å²) in [7, 11) is 0. The molecule has 2 aromatic carbocycles. The van der Waals surface area contributed by atoms with Crippen LogP contribution in [0.4, 0.5) is 0 Å². The lowest BCUT2D eigenvalue weighted by Crippen LogP contribution is -2.54. The minimum atomic E-state index is 0.324. The molecule has 39 heavy (non-hydrogen) atoms. The summed E-state index contributed by atoms with van der Waals surface area (Å²) in [6, 6.07) is 19.2. The van der Waals surface area contributed by atoms with Gasteiger partial charge in [-0.05, 0) is 48.6 Å². The molecule has 0 aromatic heterocycles. The zero-order valence-corrected chi connectivity index (χ0v) is 23.9. The molecule has 0 N–H and O–H groups in total. The first-order valence-electron chi connectivity index (χ1n) is 14.6. The minimum absolute atomic E-state index is 0.324. The van der Waals surface area contributed by atoms with Crippen molar-refractivity contribution in [3.8, 4) is 0 Å². The first kappa shape index (κ1) is 28.3. The molecule has 0 aliphatic carbocycles. The van der Waals surface area contributed by atoms with E-state index >= 15 is 0 Å². The van der Waals surface area contributed by atoms with Gasteiger partial charge in [-0.3, -0.25) is 19.5 Å². The second-order valence-corrected chi connectivity index (χ2v) is 11.6. The van der Waals surface area contributed by atoms with Crippen LogP contribution in [0.25, 0.3) is 6.08 Å². The molecule has 3 fully saturated rings. The monoisotopic (exact) mass is 550 g/mol. The van der Waals surface area contributed by atoms with Gasteiger partial charge >= 0.3 is 0 Å². The van der Waals surface area contributed by atoms with Crippen LogP contribution in [0.2, 0.25) is 5.02 Å². The number of nitrogens with zero attached hydrogens (tertiary/aromatic N) is 4. The second kappa shape index (κ2) is 14.4. The van der Waals surface area contributed by atoms with Crippen molar-refractivity contribution in [1.82, 2.24) is 19.6 Å². The van der Waals surface area contributed by atoms with E-state index in [1.165, 1.54) is 11.1 Å². The number of hydrogen-bond donors (Lipinski definition) is 0. The number of benzene rings is 2. The van der Waals surface area contributed by atoms with Gasteiger partial charge in [-0.2, -0.15) is 0 Å². The number of carbonyl (C=O) groups is 1. The van der Waals surface area contributed by atoms with E-state index in [0.717, 1.165) is 96.5 Å². The first-order valence-corrected chi connectivity index (χ1v) is 15.0. The molecule has 0 bridgehead atoms. The minimum Gasteiger partial charge on any atom is -0.379 e. The van der Waals surface area contributed by atoms with Crippen LogP contribution >= 0.6 is 11.6 Å². The molecule has 0 radical (unpaired) electrons. The molecule has 5 rings (SSSR count). The third-order valence-corrected chi connectivity index (χ3v) is 8.79. The number of piperazine rings is 1. The molecule has 210 valence electrons. The Morgan fingerprint density at radius 2 is 1.64 bits per heavy atom. The molecule has 0 saturated carbocycles. The van der Waals surface area contributed by atoms with E-state index in [2.05, 4.69) is 68.1 Å². The Kier molecular flexibility index (Phi) is 10.5. The Balaban J connectivity index is 1.11. The van der Waals surface area contributed by atoms with Crippen molar-refractivity contribution in [3.63, 3.8) is 0 Å². The summed E-state index contributed by atoms with van der Waals surface area (Å²) in [5, 5.41) is 0.783. The van der Waals surface area contributed by atoms with Crippen molar-refractivity contribution in [2.24, 2.45) is 5.92 Å². The van der Waals surface area contributed by atoms with E-state index in [4.69, 9.17) is 16.3 Å². The van der Waals surface area contributed by atoms with Crippen LogP contribution in [0, 0.1) is 5.92 Å². The maximum absolute atomic E-state index is 13.3. The van der Waals surface area contributed by atoms with Gasteiger partial charge in [0.25, 0.3) is 0 Å². The Bertz CT molecular complexity index is 1050. The molecule has 7 heteroatoms. The number of ether oxygens (including phenoxy) is 1. The van der Waals surface area contributed by atoms with E-state index in [9.17, 15) is 4.79 Å². The van der Waals surface area contributed by atoms with Crippen molar-refractivity contribution >= 4 is 23.6 Å². The number of hydrogen-bond acceptors (Lipinski definition) is 5. The maximum Gasteiger partial charge on any atom is 0.222 e. The fourth-order valence-corrected chi connectivity index (χ4v) is 6.44. The number of likely N-dealkylation sites (tertiary alicyclic amines) is 1. The van der Waals surface area contributed by atoms with Gasteiger partial charge in [0.05, 0.1) is 13.2 Å². The zero-order valence-electron chi connectivity index (χ0n) is 23.1. The van der Waals surface area contributed by atoms with Gasteiger partial charge in [0.2, 0.25) is 5.91 Å².